The second-order valence-corrected chi connectivity index (χ2v) is 7.45. The van der Waals surface area contributed by atoms with E-state index in [0.717, 1.165) is 40.7 Å². The van der Waals surface area contributed by atoms with E-state index in [2.05, 4.69) is 20.3 Å². The highest BCUT2D eigenvalue weighted by molar-refractivity contribution is 7.14. The number of piperidine rings is 1. The molecule has 3 aromatic rings. The van der Waals surface area contributed by atoms with Crippen molar-refractivity contribution in [2.45, 2.75) is 26.2 Å². The molecule has 156 valence electrons. The lowest BCUT2D eigenvalue weighted by atomic mass is 10.1. The molecule has 3 aromatic heterocycles. The summed E-state index contributed by atoms with van der Waals surface area (Å²) >= 11 is 1.62. The number of amides is 1. The molecule has 4 rings (SSSR count). The summed E-state index contributed by atoms with van der Waals surface area (Å²) < 4.78 is 0. The van der Waals surface area contributed by atoms with Crippen LogP contribution in [-0.4, -0.2) is 27.4 Å². The van der Waals surface area contributed by atoms with E-state index in [-0.39, 0.29) is 43.1 Å². The number of aryl methyl sites for hydroxylation is 1. The highest BCUT2D eigenvalue weighted by Crippen LogP contribution is 2.25. The van der Waals surface area contributed by atoms with Crippen LogP contribution in [0.5, 0.6) is 0 Å². The van der Waals surface area contributed by atoms with Crippen LogP contribution in [0.3, 0.4) is 0 Å². The number of hydrogen-bond donors (Lipinski definition) is 1. The van der Waals surface area contributed by atoms with E-state index in [0.29, 0.717) is 18.1 Å². The average molecular weight is 475 g/mol. The van der Waals surface area contributed by atoms with Crippen LogP contribution in [0.4, 0.5) is 17.3 Å². The molecule has 0 radical (unpaired) electrons. The van der Waals surface area contributed by atoms with Gasteiger partial charge in [-0.1, -0.05) is 6.07 Å². The van der Waals surface area contributed by atoms with Crippen molar-refractivity contribution in [1.82, 2.24) is 15.0 Å². The summed E-state index contributed by atoms with van der Waals surface area (Å²) in [4.78, 5) is 28.4. The van der Waals surface area contributed by atoms with Crippen molar-refractivity contribution >= 4 is 71.8 Å². The first-order chi connectivity index (χ1) is 12.7. The standard InChI is InChI=1S/C19H19N5OS.3ClH/c1-13-11-21-19(26-13)15-5-4-6-17(22-15)23-16-9-8-14(12-20-16)24-10-3-2-7-18(24)25;;;/h4-6,8-9,11-12H,2-3,7,10H2,1H3,(H,20,22,23);3*1H. The summed E-state index contributed by atoms with van der Waals surface area (Å²) in [6.45, 7) is 2.80. The van der Waals surface area contributed by atoms with E-state index in [4.69, 9.17) is 0 Å². The number of rotatable bonds is 4. The summed E-state index contributed by atoms with van der Waals surface area (Å²) in [5.41, 5.74) is 1.68. The lowest BCUT2D eigenvalue weighted by Gasteiger charge is -2.26. The fraction of sp³-hybridized carbons (Fsp3) is 0.263. The van der Waals surface area contributed by atoms with Gasteiger partial charge in [-0.25, -0.2) is 15.0 Å². The molecule has 0 saturated carbocycles. The van der Waals surface area contributed by atoms with Gasteiger partial charge in [-0.15, -0.1) is 48.6 Å². The zero-order valence-corrected chi connectivity index (χ0v) is 19.0. The number of nitrogens with zero attached hydrogens (tertiary/aromatic N) is 4. The number of anilines is 3. The molecular formula is C19H22Cl3N5OS. The Morgan fingerprint density at radius 3 is 2.48 bits per heavy atom. The first-order valence-corrected chi connectivity index (χ1v) is 9.44. The Morgan fingerprint density at radius 1 is 1.00 bits per heavy atom. The predicted molar refractivity (Wildman–Crippen MR) is 126 cm³/mol. The smallest absolute Gasteiger partial charge is 0.227 e. The largest absolute Gasteiger partial charge is 0.325 e. The van der Waals surface area contributed by atoms with E-state index < -0.39 is 0 Å². The van der Waals surface area contributed by atoms with Gasteiger partial charge in [0, 0.05) is 24.0 Å². The fourth-order valence-electron chi connectivity index (χ4n) is 2.93. The maximum Gasteiger partial charge on any atom is 0.227 e. The van der Waals surface area contributed by atoms with Gasteiger partial charge in [-0.3, -0.25) is 4.79 Å². The Hall–Kier alpha value is -1.93. The van der Waals surface area contributed by atoms with Crippen molar-refractivity contribution in [1.29, 1.82) is 0 Å². The third-order valence-corrected chi connectivity index (χ3v) is 5.16. The Bertz CT molecular complexity index is 936. The summed E-state index contributed by atoms with van der Waals surface area (Å²) in [5, 5.41) is 4.11. The van der Waals surface area contributed by atoms with Gasteiger partial charge in [-0.2, -0.15) is 0 Å². The van der Waals surface area contributed by atoms with Gasteiger partial charge >= 0.3 is 0 Å². The maximum absolute atomic E-state index is 12.0. The number of carbonyl (C=O) groups excluding carboxylic acids is 1. The van der Waals surface area contributed by atoms with Gasteiger partial charge in [-0.05, 0) is 44.0 Å². The van der Waals surface area contributed by atoms with Crippen LogP contribution in [-0.2, 0) is 4.79 Å². The molecule has 1 aliphatic heterocycles. The minimum absolute atomic E-state index is 0. The highest BCUT2D eigenvalue weighted by Gasteiger charge is 2.19. The topological polar surface area (TPSA) is 71.0 Å². The Balaban J connectivity index is 0.00000140. The van der Waals surface area contributed by atoms with Crippen LogP contribution in [0.2, 0.25) is 0 Å². The number of hydrogen-bond acceptors (Lipinski definition) is 6. The fourth-order valence-corrected chi connectivity index (χ4v) is 3.66. The summed E-state index contributed by atoms with van der Waals surface area (Å²) in [6, 6.07) is 9.59. The van der Waals surface area contributed by atoms with E-state index in [1.165, 1.54) is 0 Å². The molecule has 6 nitrogen and oxygen atoms in total. The van der Waals surface area contributed by atoms with Crippen molar-refractivity contribution in [3.05, 3.63) is 47.6 Å². The van der Waals surface area contributed by atoms with E-state index in [1.54, 1.807) is 17.5 Å². The molecule has 1 saturated heterocycles. The molecule has 10 heteroatoms. The van der Waals surface area contributed by atoms with Gasteiger partial charge in [0.1, 0.15) is 22.3 Å². The van der Waals surface area contributed by atoms with Crippen LogP contribution < -0.4 is 10.2 Å². The van der Waals surface area contributed by atoms with Crippen LogP contribution in [0, 0.1) is 6.92 Å². The summed E-state index contributed by atoms with van der Waals surface area (Å²) in [6.07, 6.45) is 6.22. The maximum atomic E-state index is 12.0. The van der Waals surface area contributed by atoms with Crippen molar-refractivity contribution in [3.63, 3.8) is 0 Å². The van der Waals surface area contributed by atoms with E-state index in [9.17, 15) is 4.79 Å². The quantitative estimate of drug-likeness (QED) is 0.545. The molecule has 4 heterocycles. The Labute approximate surface area is 192 Å². The van der Waals surface area contributed by atoms with E-state index >= 15 is 0 Å². The van der Waals surface area contributed by atoms with Crippen molar-refractivity contribution < 1.29 is 4.79 Å². The Morgan fingerprint density at radius 2 is 1.83 bits per heavy atom. The highest BCUT2D eigenvalue weighted by atomic mass is 35.5. The SMILES string of the molecule is Cc1cnc(-c2cccc(Nc3ccc(N4CCCCC4=O)cn3)n2)s1.Cl.Cl.Cl. The number of nitrogens with one attached hydrogen (secondary N) is 1. The number of pyridine rings is 2. The summed E-state index contributed by atoms with van der Waals surface area (Å²) in [5.74, 6) is 1.58. The number of halogens is 3. The minimum Gasteiger partial charge on any atom is -0.325 e. The van der Waals surface area contributed by atoms with Crippen molar-refractivity contribution in [2.24, 2.45) is 0 Å². The molecular weight excluding hydrogens is 453 g/mol. The van der Waals surface area contributed by atoms with E-state index in [1.807, 2.05) is 48.4 Å². The third-order valence-electron chi connectivity index (χ3n) is 4.23. The molecule has 0 atom stereocenters. The van der Waals surface area contributed by atoms with Gasteiger partial charge in [0.25, 0.3) is 0 Å². The van der Waals surface area contributed by atoms with Gasteiger partial charge in [0.05, 0.1) is 11.9 Å². The molecule has 0 spiro atoms. The molecule has 0 unspecified atom stereocenters. The van der Waals surface area contributed by atoms with Crippen LogP contribution in [0.25, 0.3) is 10.7 Å². The second kappa shape index (κ2) is 11.3. The third kappa shape index (κ3) is 6.02. The van der Waals surface area contributed by atoms with Crippen molar-refractivity contribution in [2.75, 3.05) is 16.8 Å². The average Bonchev–Trinajstić information content (AvgIpc) is 3.10. The lowest BCUT2D eigenvalue weighted by Crippen LogP contribution is -2.35. The lowest BCUT2D eigenvalue weighted by molar-refractivity contribution is -0.119. The molecule has 1 fully saturated rings. The first-order valence-electron chi connectivity index (χ1n) is 8.62. The number of carbonyl (C=O) groups is 1. The first kappa shape index (κ1) is 25.1. The van der Waals surface area contributed by atoms with Crippen LogP contribution in [0.1, 0.15) is 24.1 Å². The minimum atomic E-state index is 0. The normalized spacial score (nSPS) is 13.0. The predicted octanol–water partition coefficient (Wildman–Crippen LogP) is 5.43. The Kier molecular flexibility index (Phi) is 9.79. The summed E-state index contributed by atoms with van der Waals surface area (Å²) in [7, 11) is 0. The van der Waals surface area contributed by atoms with Crippen molar-refractivity contribution in [3.8, 4) is 10.7 Å². The molecule has 0 aromatic carbocycles. The van der Waals surface area contributed by atoms with Crippen LogP contribution in [0.15, 0.2) is 42.7 Å². The second-order valence-electron chi connectivity index (χ2n) is 6.21. The molecule has 1 N–H and O–H groups in total. The molecule has 1 amide bonds. The number of thiazole rings is 1. The molecule has 0 bridgehead atoms. The van der Waals surface area contributed by atoms with Gasteiger partial charge in [0.2, 0.25) is 5.91 Å². The zero-order chi connectivity index (χ0) is 17.9. The molecule has 1 aliphatic rings. The number of aromatic nitrogens is 3. The van der Waals surface area contributed by atoms with Crippen LogP contribution >= 0.6 is 48.6 Å². The zero-order valence-electron chi connectivity index (χ0n) is 15.7. The van der Waals surface area contributed by atoms with Gasteiger partial charge < -0.3 is 10.2 Å². The molecule has 29 heavy (non-hydrogen) atoms. The van der Waals surface area contributed by atoms with Gasteiger partial charge in [0.15, 0.2) is 0 Å². The monoisotopic (exact) mass is 473 g/mol. The molecule has 0 aliphatic carbocycles.